The van der Waals surface area contributed by atoms with Crippen LogP contribution in [0.25, 0.3) is 0 Å². The van der Waals surface area contributed by atoms with Crippen LogP contribution in [0.2, 0.25) is 0 Å². The lowest BCUT2D eigenvalue weighted by molar-refractivity contribution is -0.0261. The van der Waals surface area contributed by atoms with Crippen molar-refractivity contribution in [1.82, 2.24) is 4.90 Å². The van der Waals surface area contributed by atoms with Gasteiger partial charge in [0.1, 0.15) is 13.2 Å². The van der Waals surface area contributed by atoms with Crippen molar-refractivity contribution in [2.24, 2.45) is 5.73 Å². The molecule has 1 fully saturated rings. The van der Waals surface area contributed by atoms with Gasteiger partial charge in [0.25, 0.3) is 0 Å². The molecule has 0 saturated carbocycles. The van der Waals surface area contributed by atoms with Gasteiger partial charge in [0, 0.05) is 30.7 Å². The third-order valence-electron chi connectivity index (χ3n) is 3.59. The summed E-state index contributed by atoms with van der Waals surface area (Å²) in [5, 5.41) is 0. The number of hydrogen-bond donors (Lipinski definition) is 1. The van der Waals surface area contributed by atoms with Gasteiger partial charge in [0.05, 0.1) is 12.7 Å². The minimum absolute atomic E-state index is 0. The number of rotatable bonds is 3. The third-order valence-corrected chi connectivity index (χ3v) is 4.33. The summed E-state index contributed by atoms with van der Waals surface area (Å²) in [4.78, 5) is 2.36. The molecule has 1 saturated heterocycles. The molecule has 2 aliphatic heterocycles. The van der Waals surface area contributed by atoms with Crippen molar-refractivity contribution in [1.29, 1.82) is 0 Å². The van der Waals surface area contributed by atoms with Crippen LogP contribution in [-0.4, -0.2) is 50.5 Å². The average Bonchev–Trinajstić information content (AvgIpc) is 2.48. The summed E-state index contributed by atoms with van der Waals surface area (Å²) in [5.74, 6) is 1.65. The summed E-state index contributed by atoms with van der Waals surface area (Å²) < 4.78 is 17.9. The van der Waals surface area contributed by atoms with E-state index in [1.165, 1.54) is 5.56 Å². The van der Waals surface area contributed by atoms with Gasteiger partial charge in [-0.3, -0.25) is 4.90 Å². The van der Waals surface area contributed by atoms with E-state index in [-0.39, 0.29) is 18.5 Å². The second-order valence-corrected chi connectivity index (χ2v) is 5.91. The van der Waals surface area contributed by atoms with Crippen LogP contribution in [0.3, 0.4) is 0 Å². The second-order valence-electron chi connectivity index (χ2n) is 5.05. The van der Waals surface area contributed by atoms with E-state index < -0.39 is 0 Å². The van der Waals surface area contributed by atoms with E-state index in [1.54, 1.807) is 0 Å². The van der Waals surface area contributed by atoms with Crippen molar-refractivity contribution in [3.63, 3.8) is 0 Å². The zero-order chi connectivity index (χ0) is 13.9. The Morgan fingerprint density at radius 2 is 1.90 bits per heavy atom. The lowest BCUT2D eigenvalue weighted by Crippen LogP contribution is -2.45. The Balaban J connectivity index is 0.00000161. The molecular weight excluding hydrogens is 360 g/mol. The number of benzene rings is 1. The lowest BCUT2D eigenvalue weighted by atomic mass is 10.1. The molecule has 1 aromatic rings. The Morgan fingerprint density at radius 1 is 1.19 bits per heavy atom. The first-order valence-corrected chi connectivity index (χ1v) is 7.67. The molecule has 5 nitrogen and oxygen atoms in total. The fourth-order valence-electron chi connectivity index (χ4n) is 2.53. The van der Waals surface area contributed by atoms with E-state index in [0.29, 0.717) is 19.8 Å². The van der Waals surface area contributed by atoms with Crippen LogP contribution >= 0.6 is 28.3 Å². The van der Waals surface area contributed by atoms with Crippen LogP contribution in [0.4, 0.5) is 0 Å². The van der Waals surface area contributed by atoms with Crippen LogP contribution in [0.1, 0.15) is 5.56 Å². The number of halogens is 2. The van der Waals surface area contributed by atoms with Crippen molar-refractivity contribution in [3.8, 4) is 11.5 Å². The molecule has 0 amide bonds. The normalized spacial score (nSPS) is 21.7. The summed E-state index contributed by atoms with van der Waals surface area (Å²) in [6.07, 6.45) is 0.139. The van der Waals surface area contributed by atoms with Gasteiger partial charge in [-0.05, 0) is 17.7 Å². The average molecular weight is 380 g/mol. The molecule has 0 aliphatic carbocycles. The fourth-order valence-corrected chi connectivity index (χ4v) is 2.98. The largest absolute Gasteiger partial charge is 0.486 e. The summed E-state index contributed by atoms with van der Waals surface area (Å²) >= 11 is 3.62. The van der Waals surface area contributed by atoms with E-state index in [2.05, 4.69) is 26.9 Å². The Hall–Kier alpha value is -0.530. The molecule has 3 rings (SSSR count). The highest BCUT2D eigenvalue weighted by Gasteiger charge is 2.21. The molecule has 2 aliphatic rings. The van der Waals surface area contributed by atoms with Gasteiger partial charge in [0.15, 0.2) is 11.5 Å². The highest BCUT2D eigenvalue weighted by molar-refractivity contribution is 9.10. The first kappa shape index (κ1) is 16.8. The monoisotopic (exact) mass is 378 g/mol. The summed E-state index contributed by atoms with van der Waals surface area (Å²) in [7, 11) is 0. The van der Waals surface area contributed by atoms with Crippen molar-refractivity contribution in [2.75, 3.05) is 39.5 Å². The molecular formula is C14H20BrClN2O3. The number of morpholine rings is 1. The number of nitrogens with two attached hydrogens (primary N) is 1. The Morgan fingerprint density at radius 3 is 2.62 bits per heavy atom. The zero-order valence-corrected chi connectivity index (χ0v) is 14.1. The SMILES string of the molecule is Cl.NCC1CN(Cc2cc3c(cc2Br)OCCO3)CCO1. The van der Waals surface area contributed by atoms with Gasteiger partial charge in [-0.25, -0.2) is 0 Å². The Bertz CT molecular complexity index is 490. The fraction of sp³-hybridized carbons (Fsp3) is 0.571. The molecule has 1 unspecified atom stereocenters. The lowest BCUT2D eigenvalue weighted by Gasteiger charge is -2.32. The highest BCUT2D eigenvalue weighted by atomic mass is 79.9. The topological polar surface area (TPSA) is 57.0 Å². The van der Waals surface area contributed by atoms with Crippen LogP contribution in [0.15, 0.2) is 16.6 Å². The molecule has 118 valence electrons. The minimum atomic E-state index is 0. The first-order chi connectivity index (χ1) is 9.76. The summed E-state index contributed by atoms with van der Waals surface area (Å²) in [6, 6.07) is 4.05. The van der Waals surface area contributed by atoms with Crippen molar-refractivity contribution in [3.05, 3.63) is 22.2 Å². The third kappa shape index (κ3) is 4.02. The van der Waals surface area contributed by atoms with E-state index in [0.717, 1.165) is 42.2 Å². The van der Waals surface area contributed by atoms with Crippen molar-refractivity contribution in [2.45, 2.75) is 12.6 Å². The summed E-state index contributed by atoms with van der Waals surface area (Å²) in [5.41, 5.74) is 6.88. The molecule has 1 aromatic carbocycles. The predicted octanol–water partition coefficient (Wildman–Crippen LogP) is 1.80. The quantitative estimate of drug-likeness (QED) is 0.868. The number of ether oxygens (including phenoxy) is 3. The van der Waals surface area contributed by atoms with E-state index in [9.17, 15) is 0 Å². The van der Waals surface area contributed by atoms with Crippen molar-refractivity contribution >= 4 is 28.3 Å². The molecule has 1 atom stereocenters. The Kier molecular flexibility index (Phi) is 6.13. The number of hydrogen-bond acceptors (Lipinski definition) is 5. The van der Waals surface area contributed by atoms with Gasteiger partial charge < -0.3 is 19.9 Å². The standard InChI is InChI=1S/C14H19BrN2O3.ClH/c15-12-6-14-13(19-3-4-20-14)5-10(12)8-17-1-2-18-11(7-16)9-17;/h5-6,11H,1-4,7-9,16H2;1H. The maximum Gasteiger partial charge on any atom is 0.162 e. The van der Waals surface area contributed by atoms with E-state index >= 15 is 0 Å². The zero-order valence-electron chi connectivity index (χ0n) is 11.7. The van der Waals surface area contributed by atoms with Gasteiger partial charge >= 0.3 is 0 Å². The van der Waals surface area contributed by atoms with E-state index in [1.807, 2.05) is 6.07 Å². The molecule has 7 heteroatoms. The Labute approximate surface area is 139 Å². The maximum absolute atomic E-state index is 5.68. The van der Waals surface area contributed by atoms with Gasteiger partial charge in [-0.15, -0.1) is 12.4 Å². The molecule has 0 bridgehead atoms. The van der Waals surface area contributed by atoms with Gasteiger partial charge in [-0.1, -0.05) is 15.9 Å². The minimum Gasteiger partial charge on any atom is -0.486 e. The maximum atomic E-state index is 5.68. The van der Waals surface area contributed by atoms with Crippen molar-refractivity contribution < 1.29 is 14.2 Å². The van der Waals surface area contributed by atoms with Crippen LogP contribution in [-0.2, 0) is 11.3 Å². The summed E-state index contributed by atoms with van der Waals surface area (Å²) in [6.45, 7) is 5.19. The molecule has 0 spiro atoms. The smallest absolute Gasteiger partial charge is 0.162 e. The second kappa shape index (κ2) is 7.65. The molecule has 2 N–H and O–H groups in total. The molecule has 0 radical (unpaired) electrons. The van der Waals surface area contributed by atoms with Crippen LogP contribution in [0, 0.1) is 0 Å². The highest BCUT2D eigenvalue weighted by Crippen LogP contribution is 2.36. The predicted molar refractivity (Wildman–Crippen MR) is 86.5 cm³/mol. The number of fused-ring (bicyclic) bond motifs is 1. The molecule has 0 aromatic heterocycles. The molecule has 2 heterocycles. The van der Waals surface area contributed by atoms with E-state index in [4.69, 9.17) is 19.9 Å². The molecule has 21 heavy (non-hydrogen) atoms. The van der Waals surface area contributed by atoms with Gasteiger partial charge in [-0.2, -0.15) is 0 Å². The first-order valence-electron chi connectivity index (χ1n) is 6.88. The number of nitrogens with zero attached hydrogens (tertiary/aromatic N) is 1. The van der Waals surface area contributed by atoms with Crippen LogP contribution < -0.4 is 15.2 Å². The van der Waals surface area contributed by atoms with Crippen LogP contribution in [0.5, 0.6) is 11.5 Å². The van der Waals surface area contributed by atoms with Gasteiger partial charge in [0.2, 0.25) is 0 Å².